The standard InChI is InChI=1S/C16H16O4S/c1-8-9(2)16-15(6-12(8)18)21-7-14(20-16)10-3-4-11(17)13(19)5-10/h3-6,14,17-19H,7H2,1-2H3. The normalized spacial score (nSPS) is 17.1. The molecule has 0 bridgehead atoms. The maximum Gasteiger partial charge on any atom is 0.157 e. The van der Waals surface area contributed by atoms with Crippen LogP contribution in [-0.2, 0) is 0 Å². The summed E-state index contributed by atoms with van der Waals surface area (Å²) in [6.07, 6.45) is -0.198. The van der Waals surface area contributed by atoms with Crippen LogP contribution in [0, 0.1) is 13.8 Å². The molecule has 4 nitrogen and oxygen atoms in total. The molecule has 0 spiro atoms. The first-order chi connectivity index (χ1) is 9.97. The summed E-state index contributed by atoms with van der Waals surface area (Å²) >= 11 is 1.61. The lowest BCUT2D eigenvalue weighted by Gasteiger charge is -2.28. The highest BCUT2D eigenvalue weighted by atomic mass is 32.2. The number of hydrogen-bond acceptors (Lipinski definition) is 5. The van der Waals surface area contributed by atoms with Gasteiger partial charge in [-0.05, 0) is 48.7 Å². The number of fused-ring (bicyclic) bond motifs is 1. The van der Waals surface area contributed by atoms with Gasteiger partial charge in [-0.3, -0.25) is 0 Å². The summed E-state index contributed by atoms with van der Waals surface area (Å²) in [6.45, 7) is 3.78. The van der Waals surface area contributed by atoms with Crippen molar-refractivity contribution < 1.29 is 20.1 Å². The highest BCUT2D eigenvalue weighted by Gasteiger charge is 2.25. The Hall–Kier alpha value is -2.01. The van der Waals surface area contributed by atoms with Gasteiger partial charge >= 0.3 is 0 Å². The summed E-state index contributed by atoms with van der Waals surface area (Å²) in [7, 11) is 0. The molecule has 0 saturated carbocycles. The second-order valence-corrected chi connectivity index (χ2v) is 6.20. The average molecular weight is 304 g/mol. The molecule has 2 aromatic rings. The van der Waals surface area contributed by atoms with Gasteiger partial charge in [-0.1, -0.05) is 6.07 Å². The van der Waals surface area contributed by atoms with E-state index in [1.54, 1.807) is 23.9 Å². The van der Waals surface area contributed by atoms with Crippen molar-refractivity contribution in [3.05, 3.63) is 41.0 Å². The van der Waals surface area contributed by atoms with Gasteiger partial charge in [0, 0.05) is 5.75 Å². The van der Waals surface area contributed by atoms with Crippen LogP contribution in [0.3, 0.4) is 0 Å². The molecule has 5 heteroatoms. The lowest BCUT2D eigenvalue weighted by Crippen LogP contribution is -2.16. The molecule has 110 valence electrons. The fourth-order valence-electron chi connectivity index (χ4n) is 2.35. The van der Waals surface area contributed by atoms with E-state index < -0.39 is 0 Å². The highest BCUT2D eigenvalue weighted by Crippen LogP contribution is 2.46. The first-order valence-corrected chi connectivity index (χ1v) is 7.60. The molecule has 2 aromatic carbocycles. The van der Waals surface area contributed by atoms with Gasteiger partial charge in [0.25, 0.3) is 0 Å². The molecule has 1 heterocycles. The largest absolute Gasteiger partial charge is 0.508 e. The van der Waals surface area contributed by atoms with E-state index >= 15 is 0 Å². The van der Waals surface area contributed by atoms with Crippen LogP contribution >= 0.6 is 11.8 Å². The van der Waals surface area contributed by atoms with Crippen molar-refractivity contribution in [2.24, 2.45) is 0 Å². The predicted molar refractivity (Wildman–Crippen MR) is 81.4 cm³/mol. The van der Waals surface area contributed by atoms with Gasteiger partial charge in [-0.15, -0.1) is 11.8 Å². The summed E-state index contributed by atoms with van der Waals surface area (Å²) in [6, 6.07) is 6.46. The van der Waals surface area contributed by atoms with Crippen LogP contribution in [0.2, 0.25) is 0 Å². The first-order valence-electron chi connectivity index (χ1n) is 6.62. The molecule has 0 fully saturated rings. The summed E-state index contributed by atoms with van der Waals surface area (Å²) in [5.41, 5.74) is 2.54. The molecule has 0 radical (unpaired) electrons. The Labute approximate surface area is 127 Å². The number of aromatic hydroxyl groups is 3. The van der Waals surface area contributed by atoms with E-state index in [1.807, 2.05) is 13.8 Å². The second-order valence-electron chi connectivity index (χ2n) is 5.14. The Morgan fingerprint density at radius 2 is 1.76 bits per heavy atom. The van der Waals surface area contributed by atoms with Gasteiger partial charge in [0.1, 0.15) is 17.6 Å². The number of hydrogen-bond donors (Lipinski definition) is 3. The quantitative estimate of drug-likeness (QED) is 0.702. The lowest BCUT2D eigenvalue weighted by molar-refractivity contribution is 0.217. The third-order valence-electron chi connectivity index (χ3n) is 3.80. The summed E-state index contributed by atoms with van der Waals surface area (Å²) < 4.78 is 6.05. The van der Waals surface area contributed by atoms with Crippen molar-refractivity contribution in [3.63, 3.8) is 0 Å². The van der Waals surface area contributed by atoms with E-state index in [1.165, 1.54) is 12.1 Å². The first kappa shape index (κ1) is 13.9. The molecular weight excluding hydrogens is 288 g/mol. The monoisotopic (exact) mass is 304 g/mol. The van der Waals surface area contributed by atoms with Crippen molar-refractivity contribution in [3.8, 4) is 23.0 Å². The Morgan fingerprint density at radius 3 is 2.48 bits per heavy atom. The van der Waals surface area contributed by atoms with Crippen LogP contribution in [0.25, 0.3) is 0 Å². The number of rotatable bonds is 1. The lowest BCUT2D eigenvalue weighted by atomic mass is 10.1. The Morgan fingerprint density at radius 1 is 1.00 bits per heavy atom. The van der Waals surface area contributed by atoms with Crippen molar-refractivity contribution in [1.82, 2.24) is 0 Å². The molecule has 21 heavy (non-hydrogen) atoms. The maximum atomic E-state index is 9.88. The van der Waals surface area contributed by atoms with E-state index in [0.29, 0.717) is 5.75 Å². The minimum Gasteiger partial charge on any atom is -0.508 e. The van der Waals surface area contributed by atoms with Crippen LogP contribution < -0.4 is 4.74 Å². The molecule has 3 N–H and O–H groups in total. The third kappa shape index (κ3) is 2.38. The Kier molecular flexibility index (Phi) is 3.37. The summed E-state index contributed by atoms with van der Waals surface area (Å²) in [4.78, 5) is 0.926. The zero-order chi connectivity index (χ0) is 15.1. The van der Waals surface area contributed by atoms with Crippen LogP contribution in [0.5, 0.6) is 23.0 Å². The number of benzene rings is 2. The second kappa shape index (κ2) is 5.07. The topological polar surface area (TPSA) is 69.9 Å². The van der Waals surface area contributed by atoms with E-state index in [0.717, 1.165) is 27.3 Å². The van der Waals surface area contributed by atoms with Crippen LogP contribution in [0.15, 0.2) is 29.2 Å². The summed E-state index contributed by atoms with van der Waals surface area (Å²) in [5, 5.41) is 28.9. The van der Waals surface area contributed by atoms with Gasteiger partial charge < -0.3 is 20.1 Å². The fourth-order valence-corrected chi connectivity index (χ4v) is 3.46. The third-order valence-corrected chi connectivity index (χ3v) is 4.88. The van der Waals surface area contributed by atoms with Crippen LogP contribution in [-0.4, -0.2) is 21.1 Å². The van der Waals surface area contributed by atoms with Gasteiger partial charge in [-0.2, -0.15) is 0 Å². The van der Waals surface area contributed by atoms with E-state index in [-0.39, 0.29) is 23.4 Å². The minimum absolute atomic E-state index is 0.139. The van der Waals surface area contributed by atoms with Gasteiger partial charge in [0.2, 0.25) is 0 Å². The smallest absolute Gasteiger partial charge is 0.157 e. The maximum absolute atomic E-state index is 9.88. The highest BCUT2D eigenvalue weighted by molar-refractivity contribution is 7.99. The van der Waals surface area contributed by atoms with E-state index in [9.17, 15) is 15.3 Å². The van der Waals surface area contributed by atoms with Crippen LogP contribution in [0.4, 0.5) is 0 Å². The SMILES string of the molecule is Cc1c(O)cc2c(c1C)OC(c1ccc(O)c(O)c1)CS2. The van der Waals surface area contributed by atoms with Crippen molar-refractivity contribution in [2.45, 2.75) is 24.8 Å². The molecule has 3 rings (SSSR count). The Bertz CT molecular complexity index is 712. The summed E-state index contributed by atoms with van der Waals surface area (Å²) in [5.74, 6) is 1.45. The number of thioether (sulfide) groups is 1. The van der Waals surface area contributed by atoms with E-state index in [2.05, 4.69) is 0 Å². The fraction of sp³-hybridized carbons (Fsp3) is 0.250. The number of phenols is 3. The molecule has 0 amide bonds. The van der Waals surface area contributed by atoms with Gasteiger partial charge in [-0.25, -0.2) is 0 Å². The molecule has 1 atom stereocenters. The molecular formula is C16H16O4S. The number of phenolic OH excluding ortho intramolecular Hbond substituents is 3. The molecule has 0 aliphatic carbocycles. The van der Waals surface area contributed by atoms with Crippen molar-refractivity contribution in [1.29, 1.82) is 0 Å². The predicted octanol–water partition coefficient (Wildman–Crippen LogP) is 3.65. The molecule has 1 aliphatic heterocycles. The molecule has 1 unspecified atom stereocenters. The van der Waals surface area contributed by atoms with E-state index in [4.69, 9.17) is 4.74 Å². The zero-order valence-electron chi connectivity index (χ0n) is 11.8. The van der Waals surface area contributed by atoms with Crippen LogP contribution in [0.1, 0.15) is 22.8 Å². The molecule has 0 aromatic heterocycles. The Balaban J connectivity index is 1.97. The van der Waals surface area contributed by atoms with Crippen molar-refractivity contribution in [2.75, 3.05) is 5.75 Å². The minimum atomic E-state index is -0.198. The van der Waals surface area contributed by atoms with Crippen molar-refractivity contribution >= 4 is 11.8 Å². The molecule has 0 saturated heterocycles. The van der Waals surface area contributed by atoms with Gasteiger partial charge in [0.05, 0.1) is 4.90 Å². The van der Waals surface area contributed by atoms with Gasteiger partial charge in [0.15, 0.2) is 11.5 Å². The average Bonchev–Trinajstić information content (AvgIpc) is 2.47. The zero-order valence-corrected chi connectivity index (χ0v) is 12.6. The molecule has 1 aliphatic rings. The number of ether oxygens (including phenoxy) is 1.